The highest BCUT2D eigenvalue weighted by atomic mass is 16.4. The van der Waals surface area contributed by atoms with Crippen molar-refractivity contribution in [1.82, 2.24) is 5.32 Å². The number of carbonyl (C=O) groups is 2. The first-order valence-corrected chi connectivity index (χ1v) is 7.22. The van der Waals surface area contributed by atoms with E-state index in [0.29, 0.717) is 18.2 Å². The van der Waals surface area contributed by atoms with Crippen LogP contribution in [0.1, 0.15) is 25.5 Å². The van der Waals surface area contributed by atoms with E-state index in [1.807, 2.05) is 13.8 Å². The summed E-state index contributed by atoms with van der Waals surface area (Å²) < 4.78 is 0. The minimum absolute atomic E-state index is 0.178. The number of nitrogens with one attached hydrogen (secondary N) is 1. The van der Waals surface area contributed by atoms with Crippen LogP contribution in [0, 0.1) is 0 Å². The highest BCUT2D eigenvalue weighted by Crippen LogP contribution is 2.27. The van der Waals surface area contributed by atoms with Gasteiger partial charge in [0.1, 0.15) is 0 Å². The summed E-state index contributed by atoms with van der Waals surface area (Å²) in [6.45, 7) is 4.39. The van der Waals surface area contributed by atoms with Gasteiger partial charge in [0.25, 0.3) is 0 Å². The van der Waals surface area contributed by atoms with E-state index in [4.69, 9.17) is 25.5 Å². The van der Waals surface area contributed by atoms with Crippen molar-refractivity contribution in [3.8, 4) is 11.5 Å². The lowest BCUT2D eigenvalue weighted by atomic mass is 10.1. The van der Waals surface area contributed by atoms with Crippen molar-refractivity contribution >= 4 is 11.9 Å². The molecular weight excluding hydrogens is 338 g/mol. The number of carboxylic acid groups (broad SMARTS) is 2. The van der Waals surface area contributed by atoms with Crippen molar-refractivity contribution in [1.29, 1.82) is 0 Å². The maximum Gasteiger partial charge on any atom is 0.335 e. The van der Waals surface area contributed by atoms with E-state index in [1.54, 1.807) is 6.07 Å². The molecular formula is C15H23NO9. The first kappa shape index (κ1) is 22.6. The molecule has 0 aliphatic carbocycles. The molecule has 0 aliphatic rings. The number of phenols is 2. The summed E-state index contributed by atoms with van der Waals surface area (Å²) in [5.41, 5.74) is 0.582. The highest BCUT2D eigenvalue weighted by Gasteiger charge is 2.29. The summed E-state index contributed by atoms with van der Waals surface area (Å²) in [5.74, 6) is -3.93. The first-order valence-electron chi connectivity index (χ1n) is 7.22. The summed E-state index contributed by atoms with van der Waals surface area (Å²) in [6.07, 6.45) is -5.21. The Balaban J connectivity index is 0.000000504. The van der Waals surface area contributed by atoms with Gasteiger partial charge in [-0.15, -0.1) is 0 Å². The largest absolute Gasteiger partial charge is 0.504 e. The number of aliphatic hydroxyl groups excluding tert-OH is 3. The average molecular weight is 361 g/mol. The van der Waals surface area contributed by atoms with Gasteiger partial charge in [0.15, 0.2) is 23.7 Å². The third-order valence-corrected chi connectivity index (χ3v) is 2.91. The smallest absolute Gasteiger partial charge is 0.335 e. The molecule has 0 spiro atoms. The molecule has 1 aromatic rings. The first-order chi connectivity index (χ1) is 11.5. The molecule has 1 rings (SSSR count). The van der Waals surface area contributed by atoms with Crippen LogP contribution in [0.2, 0.25) is 0 Å². The number of aliphatic hydroxyl groups is 3. The number of carboxylic acids is 2. The van der Waals surface area contributed by atoms with Gasteiger partial charge in [-0.3, -0.25) is 0 Å². The van der Waals surface area contributed by atoms with Gasteiger partial charge in [0.05, 0.1) is 6.10 Å². The molecule has 0 radical (unpaired) electrons. The standard InChI is InChI=1S/C11H17NO3.C4H6O6/c1-7(2)12-6-11(15)8-3-4-9(13)10(14)5-8;5-1(3(7)8)2(6)4(9)10/h3-5,7,11-15H,6H2,1-2H3;1-2,5-6H,(H,7,8)(H,9,10)/t11-;/m1./s1. The Hall–Kier alpha value is -2.40. The predicted octanol–water partition coefficient (Wildman–Crippen LogP) is -0.993. The Morgan fingerprint density at radius 3 is 1.80 bits per heavy atom. The normalized spacial score (nSPS) is 14.2. The summed E-state index contributed by atoms with van der Waals surface area (Å²) in [5, 5.41) is 63.7. The Bertz CT molecular complexity index is 558. The molecule has 0 amide bonds. The molecule has 0 saturated heterocycles. The van der Waals surface area contributed by atoms with Crippen LogP contribution in [0.3, 0.4) is 0 Å². The Morgan fingerprint density at radius 1 is 0.960 bits per heavy atom. The minimum atomic E-state index is -2.27. The van der Waals surface area contributed by atoms with Gasteiger partial charge < -0.3 is 41.1 Å². The third-order valence-electron chi connectivity index (χ3n) is 2.91. The van der Waals surface area contributed by atoms with Crippen molar-refractivity contribution in [3.05, 3.63) is 23.8 Å². The summed E-state index contributed by atoms with van der Waals surface area (Å²) in [7, 11) is 0. The molecule has 10 heteroatoms. The average Bonchev–Trinajstić information content (AvgIpc) is 2.53. The molecule has 10 nitrogen and oxygen atoms in total. The van der Waals surface area contributed by atoms with Crippen molar-refractivity contribution in [2.24, 2.45) is 0 Å². The molecule has 0 fully saturated rings. The van der Waals surface area contributed by atoms with Crippen LogP contribution >= 0.6 is 0 Å². The molecule has 8 N–H and O–H groups in total. The van der Waals surface area contributed by atoms with E-state index in [2.05, 4.69) is 5.32 Å². The van der Waals surface area contributed by atoms with Crippen LogP contribution < -0.4 is 5.32 Å². The monoisotopic (exact) mass is 361 g/mol. The zero-order valence-corrected chi connectivity index (χ0v) is 13.7. The predicted molar refractivity (Wildman–Crippen MR) is 85.2 cm³/mol. The van der Waals surface area contributed by atoms with Gasteiger partial charge >= 0.3 is 11.9 Å². The molecule has 1 aromatic carbocycles. The SMILES string of the molecule is CC(C)NC[C@@H](O)c1ccc(O)c(O)c1.O=C(O)C(O)C(O)C(=O)O. The van der Waals surface area contributed by atoms with Gasteiger partial charge in [0, 0.05) is 12.6 Å². The topological polar surface area (TPSA) is 188 Å². The number of hydrogen-bond acceptors (Lipinski definition) is 8. The molecule has 142 valence electrons. The number of aromatic hydroxyl groups is 2. The quantitative estimate of drug-likeness (QED) is 0.280. The van der Waals surface area contributed by atoms with Crippen LogP contribution in [0.4, 0.5) is 0 Å². The molecule has 0 aliphatic heterocycles. The number of rotatable bonds is 7. The van der Waals surface area contributed by atoms with Crippen LogP contribution in [-0.4, -0.2) is 72.5 Å². The number of benzene rings is 1. The number of aliphatic carboxylic acids is 2. The third kappa shape index (κ3) is 8.31. The van der Waals surface area contributed by atoms with Crippen molar-refractivity contribution in [2.45, 2.75) is 38.2 Å². The van der Waals surface area contributed by atoms with Crippen molar-refractivity contribution < 1.29 is 45.3 Å². The van der Waals surface area contributed by atoms with Gasteiger partial charge in [0.2, 0.25) is 0 Å². The lowest BCUT2D eigenvalue weighted by molar-refractivity contribution is -0.165. The van der Waals surface area contributed by atoms with E-state index in [9.17, 15) is 19.8 Å². The van der Waals surface area contributed by atoms with Crippen LogP contribution in [0.5, 0.6) is 11.5 Å². The van der Waals surface area contributed by atoms with Crippen LogP contribution in [-0.2, 0) is 9.59 Å². The zero-order valence-electron chi connectivity index (χ0n) is 13.7. The van der Waals surface area contributed by atoms with E-state index in [1.165, 1.54) is 12.1 Å². The second-order valence-electron chi connectivity index (χ2n) is 5.39. The fourth-order valence-electron chi connectivity index (χ4n) is 1.48. The molecule has 3 atom stereocenters. The second kappa shape index (κ2) is 10.5. The van der Waals surface area contributed by atoms with E-state index >= 15 is 0 Å². The fourth-order valence-corrected chi connectivity index (χ4v) is 1.48. The molecule has 0 bridgehead atoms. The van der Waals surface area contributed by atoms with Gasteiger partial charge in [-0.1, -0.05) is 19.9 Å². The van der Waals surface area contributed by atoms with E-state index in [0.717, 1.165) is 0 Å². The van der Waals surface area contributed by atoms with Crippen molar-refractivity contribution in [3.63, 3.8) is 0 Å². The second-order valence-corrected chi connectivity index (χ2v) is 5.39. The van der Waals surface area contributed by atoms with E-state index < -0.39 is 30.3 Å². The fraction of sp³-hybridized carbons (Fsp3) is 0.467. The lowest BCUT2D eigenvalue weighted by Gasteiger charge is -2.14. The molecule has 2 unspecified atom stereocenters. The lowest BCUT2D eigenvalue weighted by Crippen LogP contribution is -2.39. The summed E-state index contributed by atoms with van der Waals surface area (Å²) in [6, 6.07) is 4.61. The maximum absolute atomic E-state index is 9.77. The van der Waals surface area contributed by atoms with E-state index in [-0.39, 0.29) is 11.5 Å². The molecule has 0 heterocycles. The summed E-state index contributed by atoms with van der Waals surface area (Å²) >= 11 is 0. The Morgan fingerprint density at radius 2 is 1.44 bits per heavy atom. The summed E-state index contributed by atoms with van der Waals surface area (Å²) in [4.78, 5) is 19.5. The van der Waals surface area contributed by atoms with Gasteiger partial charge in [-0.05, 0) is 17.7 Å². The van der Waals surface area contributed by atoms with Gasteiger partial charge in [-0.2, -0.15) is 0 Å². The zero-order chi connectivity index (χ0) is 19.7. The maximum atomic E-state index is 9.77. The Labute approximate surface area is 143 Å². The van der Waals surface area contributed by atoms with Gasteiger partial charge in [-0.25, -0.2) is 9.59 Å². The molecule has 25 heavy (non-hydrogen) atoms. The van der Waals surface area contributed by atoms with Crippen molar-refractivity contribution in [2.75, 3.05) is 6.54 Å². The number of phenolic OH excluding ortho intramolecular Hbond substituents is 2. The van der Waals surface area contributed by atoms with Crippen LogP contribution in [0.25, 0.3) is 0 Å². The minimum Gasteiger partial charge on any atom is -0.504 e. The molecule has 0 aromatic heterocycles. The van der Waals surface area contributed by atoms with Crippen LogP contribution in [0.15, 0.2) is 18.2 Å². The Kier molecular flexibility index (Phi) is 9.46. The number of hydrogen-bond donors (Lipinski definition) is 8. The highest BCUT2D eigenvalue weighted by molar-refractivity contribution is 5.83. The molecule has 0 saturated carbocycles.